The summed E-state index contributed by atoms with van der Waals surface area (Å²) in [6, 6.07) is 0. The van der Waals surface area contributed by atoms with Crippen molar-refractivity contribution in [1.82, 2.24) is 5.32 Å². The summed E-state index contributed by atoms with van der Waals surface area (Å²) in [6.45, 7) is 5.80. The quantitative estimate of drug-likeness (QED) is 0.0348. The number of amides is 1. The first-order chi connectivity index (χ1) is 28.2. The van der Waals surface area contributed by atoms with Gasteiger partial charge in [0.2, 0.25) is 5.91 Å². The van der Waals surface area contributed by atoms with Crippen molar-refractivity contribution < 1.29 is 42.4 Å². The second-order valence-corrected chi connectivity index (χ2v) is 18.1. The summed E-state index contributed by atoms with van der Waals surface area (Å²) < 4.78 is 33.8. The number of ether oxygens (including phenoxy) is 2. The summed E-state index contributed by atoms with van der Waals surface area (Å²) in [5.41, 5.74) is 0. The van der Waals surface area contributed by atoms with E-state index in [1.54, 1.807) is 0 Å². The predicted octanol–water partition coefficient (Wildman–Crippen LogP) is 13.8. The highest BCUT2D eigenvalue weighted by atomic mass is 31.2. The molecule has 2 N–H and O–H groups in total. The van der Waals surface area contributed by atoms with Crippen molar-refractivity contribution in [3.63, 3.8) is 0 Å². The highest BCUT2D eigenvalue weighted by Crippen LogP contribution is 2.43. The van der Waals surface area contributed by atoms with Crippen LogP contribution in [0.2, 0.25) is 0 Å². The Labute approximate surface area is 356 Å². The van der Waals surface area contributed by atoms with E-state index in [4.69, 9.17) is 18.5 Å². The van der Waals surface area contributed by atoms with Crippen LogP contribution in [0.4, 0.5) is 0 Å². The van der Waals surface area contributed by atoms with Crippen molar-refractivity contribution >= 4 is 25.7 Å². The van der Waals surface area contributed by atoms with Gasteiger partial charge in [-0.3, -0.25) is 23.4 Å². The zero-order chi connectivity index (χ0) is 42.6. The first-order valence-corrected chi connectivity index (χ1v) is 26.0. The molecule has 0 aliphatic heterocycles. The van der Waals surface area contributed by atoms with E-state index < -0.39 is 32.5 Å². The molecule has 10 nitrogen and oxygen atoms in total. The van der Waals surface area contributed by atoms with Crippen LogP contribution in [-0.4, -0.2) is 55.2 Å². The van der Waals surface area contributed by atoms with E-state index in [9.17, 15) is 23.8 Å². The standard InChI is InChI=1S/C47H92NO9P/c1-4-7-10-13-16-18-20-22-24-26-29-32-35-38-46(50)54-42-44(57-47(51)39-36-33-30-27-25-23-21-19-17-14-11-8-5-2)43-56-58(52,53)55-41-40-48-45(49)37-34-31-28-15-12-9-6-3/h44H,4-43H2,1-3H3,(H,48,49)(H,52,53)/t44-/m1/s1. The van der Waals surface area contributed by atoms with E-state index in [0.29, 0.717) is 12.8 Å². The van der Waals surface area contributed by atoms with Crippen LogP contribution in [0.25, 0.3) is 0 Å². The summed E-state index contributed by atoms with van der Waals surface area (Å²) in [6.07, 6.45) is 39.1. The Morgan fingerprint density at radius 2 is 0.810 bits per heavy atom. The van der Waals surface area contributed by atoms with E-state index in [-0.39, 0.29) is 38.5 Å². The molecule has 0 spiro atoms. The molecule has 0 aromatic rings. The number of nitrogens with one attached hydrogen (secondary N) is 1. The van der Waals surface area contributed by atoms with Gasteiger partial charge in [0.1, 0.15) is 6.61 Å². The van der Waals surface area contributed by atoms with Gasteiger partial charge in [0.15, 0.2) is 6.10 Å². The zero-order valence-corrected chi connectivity index (χ0v) is 38.9. The van der Waals surface area contributed by atoms with Gasteiger partial charge >= 0.3 is 19.8 Å². The fraction of sp³-hybridized carbons (Fsp3) is 0.936. The lowest BCUT2D eigenvalue weighted by atomic mass is 10.0. The first-order valence-electron chi connectivity index (χ1n) is 24.5. The molecule has 0 heterocycles. The number of rotatable bonds is 46. The maximum atomic E-state index is 12.7. The maximum Gasteiger partial charge on any atom is 0.472 e. The SMILES string of the molecule is CCCCCCCCCCCCCCCC(=O)OC[C@H](COP(=O)(O)OCCNC(=O)CCCCCCCCC)OC(=O)CCCCCCCCCCCCCCC. The van der Waals surface area contributed by atoms with Gasteiger partial charge in [0.05, 0.1) is 13.2 Å². The topological polar surface area (TPSA) is 137 Å². The number of unbranched alkanes of at least 4 members (excludes halogenated alkanes) is 30. The van der Waals surface area contributed by atoms with Crippen LogP contribution < -0.4 is 5.32 Å². The Balaban J connectivity index is 4.52. The summed E-state index contributed by atoms with van der Waals surface area (Å²) in [5.74, 6) is -0.972. The number of phosphoric ester groups is 1. The van der Waals surface area contributed by atoms with E-state index in [1.165, 1.54) is 148 Å². The maximum absolute atomic E-state index is 12.7. The van der Waals surface area contributed by atoms with E-state index in [1.807, 2.05) is 0 Å². The smallest absolute Gasteiger partial charge is 0.462 e. The number of carbonyl (C=O) groups excluding carboxylic acids is 3. The molecule has 0 bridgehead atoms. The van der Waals surface area contributed by atoms with Crippen LogP contribution >= 0.6 is 7.82 Å². The molecule has 1 unspecified atom stereocenters. The summed E-state index contributed by atoms with van der Waals surface area (Å²) in [4.78, 5) is 47.7. The van der Waals surface area contributed by atoms with Crippen molar-refractivity contribution in [3.05, 3.63) is 0 Å². The monoisotopic (exact) mass is 846 g/mol. The average molecular weight is 846 g/mol. The van der Waals surface area contributed by atoms with E-state index in [2.05, 4.69) is 26.1 Å². The van der Waals surface area contributed by atoms with Gasteiger partial charge in [0, 0.05) is 25.8 Å². The summed E-state index contributed by atoms with van der Waals surface area (Å²) in [7, 11) is -4.51. The van der Waals surface area contributed by atoms with Gasteiger partial charge in [-0.1, -0.05) is 213 Å². The Bertz CT molecular complexity index is 982. The van der Waals surface area contributed by atoms with Gasteiger partial charge in [-0.05, 0) is 19.3 Å². The average Bonchev–Trinajstić information content (AvgIpc) is 3.20. The van der Waals surface area contributed by atoms with Crippen LogP contribution in [0.1, 0.15) is 252 Å². The van der Waals surface area contributed by atoms with E-state index in [0.717, 1.165) is 57.8 Å². The van der Waals surface area contributed by atoms with Gasteiger partial charge in [-0.25, -0.2) is 4.57 Å². The number of esters is 2. The molecule has 58 heavy (non-hydrogen) atoms. The third kappa shape index (κ3) is 42.6. The van der Waals surface area contributed by atoms with Crippen molar-refractivity contribution in [2.24, 2.45) is 0 Å². The number of carbonyl (C=O) groups is 3. The molecular weight excluding hydrogens is 753 g/mol. The van der Waals surface area contributed by atoms with Gasteiger partial charge in [-0.15, -0.1) is 0 Å². The normalized spacial score (nSPS) is 13.0. The van der Waals surface area contributed by atoms with E-state index >= 15 is 0 Å². The molecule has 2 atom stereocenters. The second-order valence-electron chi connectivity index (χ2n) is 16.6. The molecule has 0 saturated carbocycles. The molecule has 0 rings (SSSR count). The van der Waals surface area contributed by atoms with Gasteiger partial charge in [-0.2, -0.15) is 0 Å². The highest BCUT2D eigenvalue weighted by Gasteiger charge is 2.26. The van der Waals surface area contributed by atoms with Crippen LogP contribution in [0, 0.1) is 0 Å². The molecule has 1 amide bonds. The lowest BCUT2D eigenvalue weighted by molar-refractivity contribution is -0.161. The summed E-state index contributed by atoms with van der Waals surface area (Å²) in [5, 5.41) is 2.71. The summed E-state index contributed by atoms with van der Waals surface area (Å²) >= 11 is 0. The minimum Gasteiger partial charge on any atom is -0.462 e. The fourth-order valence-corrected chi connectivity index (χ4v) is 7.84. The minimum atomic E-state index is -4.51. The lowest BCUT2D eigenvalue weighted by Gasteiger charge is -2.20. The molecule has 0 aromatic heterocycles. The molecule has 0 radical (unpaired) electrons. The van der Waals surface area contributed by atoms with Crippen molar-refractivity contribution in [1.29, 1.82) is 0 Å². The Hall–Kier alpha value is -1.48. The van der Waals surface area contributed by atoms with Gasteiger partial charge < -0.3 is 19.7 Å². The van der Waals surface area contributed by atoms with Crippen molar-refractivity contribution in [2.45, 2.75) is 258 Å². The lowest BCUT2D eigenvalue weighted by Crippen LogP contribution is -2.30. The second kappa shape index (κ2) is 43.6. The zero-order valence-electron chi connectivity index (χ0n) is 38.0. The molecule has 0 aliphatic carbocycles. The highest BCUT2D eigenvalue weighted by molar-refractivity contribution is 7.47. The molecule has 344 valence electrons. The third-order valence-electron chi connectivity index (χ3n) is 10.8. The molecule has 0 aliphatic rings. The Morgan fingerprint density at radius 3 is 1.21 bits per heavy atom. The molecule has 0 aromatic carbocycles. The fourth-order valence-electron chi connectivity index (χ4n) is 7.09. The van der Waals surface area contributed by atoms with Gasteiger partial charge in [0.25, 0.3) is 0 Å². The third-order valence-corrected chi connectivity index (χ3v) is 11.8. The first kappa shape index (κ1) is 56.5. The van der Waals surface area contributed by atoms with Crippen LogP contribution in [-0.2, 0) is 37.5 Å². The molecular formula is C47H92NO9P. The van der Waals surface area contributed by atoms with Crippen molar-refractivity contribution in [3.8, 4) is 0 Å². The molecule has 11 heteroatoms. The Kier molecular flexibility index (Phi) is 42.5. The largest absolute Gasteiger partial charge is 0.472 e. The molecule has 0 saturated heterocycles. The number of phosphoric acid groups is 1. The van der Waals surface area contributed by atoms with Crippen LogP contribution in [0.3, 0.4) is 0 Å². The number of hydrogen-bond acceptors (Lipinski definition) is 8. The van der Waals surface area contributed by atoms with Crippen LogP contribution in [0.5, 0.6) is 0 Å². The minimum absolute atomic E-state index is 0.0671. The predicted molar refractivity (Wildman–Crippen MR) is 239 cm³/mol. The van der Waals surface area contributed by atoms with Crippen molar-refractivity contribution in [2.75, 3.05) is 26.4 Å². The number of hydrogen-bond donors (Lipinski definition) is 2. The van der Waals surface area contributed by atoms with Crippen LogP contribution in [0.15, 0.2) is 0 Å². The Morgan fingerprint density at radius 1 is 0.466 bits per heavy atom. The molecule has 0 fully saturated rings.